The van der Waals surface area contributed by atoms with Gasteiger partial charge in [-0.05, 0) is 42.5 Å². The van der Waals surface area contributed by atoms with Crippen molar-refractivity contribution < 1.29 is 24.2 Å². The molecule has 36 heavy (non-hydrogen) atoms. The molecule has 0 aliphatic heterocycles. The summed E-state index contributed by atoms with van der Waals surface area (Å²) >= 11 is 0.759. The molecule has 0 saturated carbocycles. The molecule has 0 fully saturated rings. The Morgan fingerprint density at radius 3 is 2.39 bits per heavy atom. The van der Waals surface area contributed by atoms with Crippen molar-refractivity contribution in [3.63, 3.8) is 0 Å². The number of benzene rings is 3. The van der Waals surface area contributed by atoms with Crippen LogP contribution in [0.25, 0.3) is 10.8 Å². The molecule has 0 aliphatic carbocycles. The van der Waals surface area contributed by atoms with E-state index in [9.17, 15) is 19.5 Å². The lowest BCUT2D eigenvalue weighted by Crippen LogP contribution is -2.43. The number of nitrogens with zero attached hydrogens (tertiary/aromatic N) is 5. The quantitative estimate of drug-likeness (QED) is 0.228. The minimum atomic E-state index is -1.08. The molecule has 3 N–H and O–H groups in total. The van der Waals surface area contributed by atoms with E-state index >= 15 is 0 Å². The van der Waals surface area contributed by atoms with Crippen LogP contribution in [0.3, 0.4) is 0 Å². The van der Waals surface area contributed by atoms with Gasteiger partial charge in [0.2, 0.25) is 5.16 Å². The highest BCUT2D eigenvalue weighted by atomic mass is 32.2. The van der Waals surface area contributed by atoms with Gasteiger partial charge in [0, 0.05) is 35.3 Å². The molecular formula is C24H22N6O5S. The Labute approximate surface area is 209 Å². The van der Waals surface area contributed by atoms with Crippen molar-refractivity contribution in [1.82, 2.24) is 20.2 Å². The van der Waals surface area contributed by atoms with Crippen LogP contribution in [0, 0.1) is 6.92 Å². The maximum absolute atomic E-state index is 13.3. The Balaban J connectivity index is 1.70. The van der Waals surface area contributed by atoms with Crippen LogP contribution < -0.4 is 15.4 Å². The Hall–Kier alpha value is -4.45. The van der Waals surface area contributed by atoms with Crippen molar-refractivity contribution in [3.05, 3.63) is 65.7 Å². The summed E-state index contributed by atoms with van der Waals surface area (Å²) < 4.78 is 7.00. The van der Waals surface area contributed by atoms with Crippen LogP contribution in [0.15, 0.2) is 59.8 Å². The number of carbonyl (C=O) groups is 3. The molecule has 4 rings (SSSR count). The number of tetrazole rings is 1. The number of nitrogens with two attached hydrogens (primary N) is 1. The summed E-state index contributed by atoms with van der Waals surface area (Å²) in [5.41, 5.74) is 6.65. The lowest BCUT2D eigenvalue weighted by atomic mass is 10.0. The van der Waals surface area contributed by atoms with Crippen molar-refractivity contribution in [2.24, 2.45) is 12.8 Å². The van der Waals surface area contributed by atoms with Gasteiger partial charge < -0.3 is 15.6 Å². The largest absolute Gasteiger partial charge is 0.506 e. The van der Waals surface area contributed by atoms with Crippen molar-refractivity contribution in [1.29, 1.82) is 0 Å². The number of primary amides is 1. The standard InChI is InChI=1S/C24H22N6O5S/c1-13-8-10-15(11-9-13)30(24(34)36-23-26-27-28-29(23)3)14(2)22(33)35-19-12-18(21(25)32)20(31)17-7-5-4-6-16(17)19/h4-12,14,31H,1-3H3,(H2,25,32). The van der Waals surface area contributed by atoms with E-state index in [2.05, 4.69) is 15.5 Å². The maximum atomic E-state index is 13.3. The third kappa shape index (κ3) is 4.84. The molecule has 3 aromatic carbocycles. The van der Waals surface area contributed by atoms with Gasteiger partial charge in [0.1, 0.15) is 17.5 Å². The number of ether oxygens (including phenoxy) is 1. The number of thioether (sulfide) groups is 1. The highest BCUT2D eigenvalue weighted by Crippen LogP contribution is 2.36. The molecule has 0 spiro atoms. The van der Waals surface area contributed by atoms with E-state index < -0.39 is 23.2 Å². The molecule has 184 valence electrons. The molecule has 0 bridgehead atoms. The first-order valence-electron chi connectivity index (χ1n) is 10.7. The zero-order valence-electron chi connectivity index (χ0n) is 19.6. The fraction of sp³-hybridized carbons (Fsp3) is 0.167. The van der Waals surface area contributed by atoms with E-state index in [1.807, 2.05) is 19.1 Å². The molecule has 1 aromatic heterocycles. The number of aryl methyl sites for hydroxylation is 2. The lowest BCUT2D eigenvalue weighted by molar-refractivity contribution is -0.135. The number of aromatic nitrogens is 4. The van der Waals surface area contributed by atoms with Crippen molar-refractivity contribution in [3.8, 4) is 11.5 Å². The predicted octanol–water partition coefficient (Wildman–Crippen LogP) is 3.19. The van der Waals surface area contributed by atoms with Gasteiger partial charge in [0.25, 0.3) is 11.1 Å². The summed E-state index contributed by atoms with van der Waals surface area (Å²) in [4.78, 5) is 39.8. The van der Waals surface area contributed by atoms with E-state index in [1.165, 1.54) is 22.6 Å². The van der Waals surface area contributed by atoms with Gasteiger partial charge in [-0.15, -0.1) is 5.10 Å². The first-order valence-corrected chi connectivity index (χ1v) is 11.5. The lowest BCUT2D eigenvalue weighted by Gasteiger charge is -2.27. The monoisotopic (exact) mass is 506 g/mol. The smallest absolute Gasteiger partial charge is 0.334 e. The highest BCUT2D eigenvalue weighted by Gasteiger charge is 2.31. The van der Waals surface area contributed by atoms with E-state index in [4.69, 9.17) is 10.5 Å². The minimum absolute atomic E-state index is 0.0236. The minimum Gasteiger partial charge on any atom is -0.506 e. The number of rotatable bonds is 6. The van der Waals surface area contributed by atoms with Crippen molar-refractivity contribution in [2.75, 3.05) is 4.90 Å². The Morgan fingerprint density at radius 2 is 1.78 bits per heavy atom. The summed E-state index contributed by atoms with van der Waals surface area (Å²) in [6.45, 7) is 3.42. The van der Waals surface area contributed by atoms with Crippen LogP contribution in [0.4, 0.5) is 10.5 Å². The summed E-state index contributed by atoms with van der Waals surface area (Å²) in [5.74, 6) is -1.94. The molecule has 4 aromatic rings. The molecule has 0 aliphatic rings. The molecular weight excluding hydrogens is 484 g/mol. The number of esters is 1. The zero-order chi connectivity index (χ0) is 26.0. The molecule has 1 unspecified atom stereocenters. The van der Waals surface area contributed by atoms with Gasteiger partial charge >= 0.3 is 5.97 Å². The molecule has 2 amide bonds. The summed E-state index contributed by atoms with van der Waals surface area (Å²) in [6, 6.07) is 13.8. The second-order valence-electron chi connectivity index (χ2n) is 7.94. The zero-order valence-corrected chi connectivity index (χ0v) is 20.4. The van der Waals surface area contributed by atoms with Crippen LogP contribution >= 0.6 is 11.8 Å². The van der Waals surface area contributed by atoms with Crippen LogP contribution in [-0.4, -0.2) is 48.5 Å². The molecule has 1 atom stereocenters. The van der Waals surface area contributed by atoms with Crippen LogP contribution in [0.1, 0.15) is 22.8 Å². The predicted molar refractivity (Wildman–Crippen MR) is 133 cm³/mol. The number of carbonyl (C=O) groups excluding carboxylic acids is 3. The number of aromatic hydroxyl groups is 1. The van der Waals surface area contributed by atoms with Gasteiger partial charge in [-0.1, -0.05) is 42.0 Å². The summed E-state index contributed by atoms with van der Waals surface area (Å²) in [7, 11) is 1.59. The normalized spacial score (nSPS) is 11.8. The molecule has 1 heterocycles. The third-order valence-corrected chi connectivity index (χ3v) is 6.35. The summed E-state index contributed by atoms with van der Waals surface area (Å²) in [5, 5.41) is 22.0. The molecule has 11 nitrogen and oxygen atoms in total. The first kappa shape index (κ1) is 24.7. The maximum Gasteiger partial charge on any atom is 0.334 e. The fourth-order valence-electron chi connectivity index (χ4n) is 3.53. The SMILES string of the molecule is Cc1ccc(N(C(=O)Sc2nnnn2C)C(C)C(=O)Oc2cc(C(N)=O)c(O)c3ccccc23)cc1. The topological polar surface area (TPSA) is 154 Å². The van der Waals surface area contributed by atoms with Crippen LogP contribution in [0.2, 0.25) is 0 Å². The van der Waals surface area contributed by atoms with Crippen LogP contribution in [0.5, 0.6) is 11.5 Å². The Kier molecular flexibility index (Phi) is 6.88. The second kappa shape index (κ2) is 10.0. The average molecular weight is 507 g/mol. The van der Waals surface area contributed by atoms with Crippen molar-refractivity contribution in [2.45, 2.75) is 25.0 Å². The van der Waals surface area contributed by atoms with Gasteiger partial charge in [-0.3, -0.25) is 14.5 Å². The molecule has 0 radical (unpaired) electrons. The molecule has 0 saturated heterocycles. The number of hydrogen-bond acceptors (Lipinski definition) is 9. The molecule has 12 heteroatoms. The van der Waals surface area contributed by atoms with E-state index in [0.717, 1.165) is 17.3 Å². The van der Waals surface area contributed by atoms with E-state index in [1.54, 1.807) is 43.4 Å². The van der Waals surface area contributed by atoms with E-state index in [0.29, 0.717) is 16.5 Å². The number of phenols is 1. The Bertz CT molecular complexity index is 1470. The number of amides is 2. The number of anilines is 1. The van der Waals surface area contributed by atoms with Gasteiger partial charge in [0.15, 0.2) is 0 Å². The Morgan fingerprint density at radius 1 is 1.11 bits per heavy atom. The number of fused-ring (bicyclic) bond motifs is 1. The fourth-order valence-corrected chi connectivity index (χ4v) is 4.29. The summed E-state index contributed by atoms with van der Waals surface area (Å²) in [6.07, 6.45) is 0. The average Bonchev–Trinajstić information content (AvgIpc) is 3.26. The second-order valence-corrected chi connectivity index (χ2v) is 8.85. The highest BCUT2D eigenvalue weighted by molar-refractivity contribution is 8.13. The van der Waals surface area contributed by atoms with Gasteiger partial charge in [0.05, 0.1) is 5.56 Å². The van der Waals surface area contributed by atoms with Crippen molar-refractivity contribution >= 4 is 45.3 Å². The van der Waals surface area contributed by atoms with E-state index in [-0.39, 0.29) is 22.2 Å². The van der Waals surface area contributed by atoms with Gasteiger partial charge in [-0.2, -0.15) is 0 Å². The van der Waals surface area contributed by atoms with Gasteiger partial charge in [-0.25, -0.2) is 9.48 Å². The first-order chi connectivity index (χ1) is 17.2. The third-order valence-electron chi connectivity index (χ3n) is 5.45. The number of hydrogen-bond donors (Lipinski definition) is 2. The van der Waals surface area contributed by atoms with Crippen LogP contribution in [-0.2, 0) is 11.8 Å².